The van der Waals surface area contributed by atoms with E-state index in [1.807, 2.05) is 17.5 Å². The molecule has 0 bridgehead atoms. The molecule has 0 aromatic carbocycles. The van der Waals surface area contributed by atoms with Gasteiger partial charge in [-0.2, -0.15) is 0 Å². The average molecular weight is 296 g/mol. The van der Waals surface area contributed by atoms with Gasteiger partial charge in [-0.3, -0.25) is 4.79 Å². The van der Waals surface area contributed by atoms with E-state index in [1.54, 1.807) is 23.3 Å². The topological polar surface area (TPSA) is 69.6 Å². The summed E-state index contributed by atoms with van der Waals surface area (Å²) in [6.45, 7) is 1.03. The van der Waals surface area contributed by atoms with Gasteiger partial charge in [-0.25, -0.2) is 4.79 Å². The predicted octanol–water partition coefficient (Wildman–Crippen LogP) is 2.39. The van der Waals surface area contributed by atoms with Crippen LogP contribution in [0.15, 0.2) is 17.5 Å². The number of carboxylic acid groups (broad SMARTS) is 1. The van der Waals surface area contributed by atoms with Gasteiger partial charge in [-0.05, 0) is 30.2 Å². The molecule has 5 nitrogen and oxygen atoms in total. The van der Waals surface area contributed by atoms with Crippen LogP contribution in [-0.2, 0) is 11.3 Å². The van der Waals surface area contributed by atoms with Crippen molar-refractivity contribution in [1.82, 2.24) is 10.2 Å². The van der Waals surface area contributed by atoms with Gasteiger partial charge in [0, 0.05) is 18.5 Å². The van der Waals surface area contributed by atoms with Crippen LogP contribution in [-0.4, -0.2) is 35.6 Å². The summed E-state index contributed by atoms with van der Waals surface area (Å²) < 4.78 is 0. The summed E-state index contributed by atoms with van der Waals surface area (Å²) in [4.78, 5) is 25.8. The van der Waals surface area contributed by atoms with Crippen molar-refractivity contribution in [3.8, 4) is 0 Å². The SMILES string of the molecule is CN(Cc1cccs1)C(=O)NCC1CCCC1C(=O)O. The van der Waals surface area contributed by atoms with E-state index in [9.17, 15) is 9.59 Å². The van der Waals surface area contributed by atoms with Gasteiger partial charge >= 0.3 is 12.0 Å². The minimum Gasteiger partial charge on any atom is -0.481 e. The van der Waals surface area contributed by atoms with Crippen molar-refractivity contribution < 1.29 is 14.7 Å². The van der Waals surface area contributed by atoms with Gasteiger partial charge in [0.25, 0.3) is 0 Å². The first kappa shape index (κ1) is 14.8. The molecule has 20 heavy (non-hydrogen) atoms. The fourth-order valence-corrected chi connectivity index (χ4v) is 3.42. The molecule has 110 valence electrons. The molecule has 0 spiro atoms. The number of carbonyl (C=O) groups is 2. The number of aliphatic carboxylic acids is 1. The lowest BCUT2D eigenvalue weighted by Gasteiger charge is -2.20. The van der Waals surface area contributed by atoms with Crippen LogP contribution in [0.4, 0.5) is 4.79 Å². The second kappa shape index (κ2) is 6.74. The molecular weight excluding hydrogens is 276 g/mol. The molecule has 0 saturated heterocycles. The molecule has 1 fully saturated rings. The molecule has 1 saturated carbocycles. The van der Waals surface area contributed by atoms with Crippen LogP contribution in [0.2, 0.25) is 0 Å². The molecule has 2 rings (SSSR count). The first-order valence-electron chi connectivity index (χ1n) is 6.82. The van der Waals surface area contributed by atoms with Crippen molar-refractivity contribution in [2.24, 2.45) is 11.8 Å². The monoisotopic (exact) mass is 296 g/mol. The fraction of sp³-hybridized carbons (Fsp3) is 0.571. The molecule has 1 heterocycles. The Balaban J connectivity index is 1.78. The van der Waals surface area contributed by atoms with E-state index in [0.29, 0.717) is 13.1 Å². The van der Waals surface area contributed by atoms with Crippen molar-refractivity contribution >= 4 is 23.3 Å². The Kier molecular flexibility index (Phi) is 5.00. The number of carboxylic acids is 1. The first-order chi connectivity index (χ1) is 9.58. The number of nitrogens with one attached hydrogen (secondary N) is 1. The van der Waals surface area contributed by atoms with Crippen LogP contribution in [0.5, 0.6) is 0 Å². The molecule has 1 aromatic rings. The van der Waals surface area contributed by atoms with Crippen LogP contribution < -0.4 is 5.32 Å². The summed E-state index contributed by atoms with van der Waals surface area (Å²) in [7, 11) is 1.75. The van der Waals surface area contributed by atoms with Gasteiger partial charge in [0.15, 0.2) is 0 Å². The highest BCUT2D eigenvalue weighted by Crippen LogP contribution is 2.31. The van der Waals surface area contributed by atoms with E-state index in [-0.39, 0.29) is 17.9 Å². The maximum Gasteiger partial charge on any atom is 0.317 e. The largest absolute Gasteiger partial charge is 0.481 e. The van der Waals surface area contributed by atoms with Crippen LogP contribution >= 0.6 is 11.3 Å². The minimum atomic E-state index is -0.742. The summed E-state index contributed by atoms with van der Waals surface area (Å²) in [5.41, 5.74) is 0. The lowest BCUT2D eigenvalue weighted by atomic mass is 9.96. The van der Waals surface area contributed by atoms with E-state index < -0.39 is 5.97 Å². The molecule has 2 N–H and O–H groups in total. The van der Waals surface area contributed by atoms with E-state index in [0.717, 1.165) is 24.1 Å². The van der Waals surface area contributed by atoms with Crippen molar-refractivity contribution in [2.45, 2.75) is 25.8 Å². The van der Waals surface area contributed by atoms with Gasteiger partial charge in [0.05, 0.1) is 12.5 Å². The third kappa shape index (κ3) is 3.72. The predicted molar refractivity (Wildman–Crippen MR) is 77.7 cm³/mol. The molecule has 6 heteroatoms. The molecule has 0 radical (unpaired) electrons. The maximum atomic E-state index is 12.0. The zero-order chi connectivity index (χ0) is 14.5. The van der Waals surface area contributed by atoms with Crippen molar-refractivity contribution in [3.63, 3.8) is 0 Å². The Morgan fingerprint density at radius 2 is 2.30 bits per heavy atom. The highest BCUT2D eigenvalue weighted by molar-refractivity contribution is 7.09. The molecule has 1 aliphatic rings. The molecular formula is C14H20N2O3S. The van der Waals surface area contributed by atoms with Gasteiger partial charge in [0.2, 0.25) is 0 Å². The van der Waals surface area contributed by atoms with Gasteiger partial charge in [0.1, 0.15) is 0 Å². The summed E-state index contributed by atoms with van der Waals surface area (Å²) in [6, 6.07) is 3.81. The summed E-state index contributed by atoms with van der Waals surface area (Å²) in [5.74, 6) is -0.988. The molecule has 1 aliphatic carbocycles. The van der Waals surface area contributed by atoms with Crippen molar-refractivity contribution in [2.75, 3.05) is 13.6 Å². The lowest BCUT2D eigenvalue weighted by molar-refractivity contribution is -0.142. The van der Waals surface area contributed by atoms with Crippen LogP contribution in [0.3, 0.4) is 0 Å². The molecule has 1 aromatic heterocycles. The van der Waals surface area contributed by atoms with Crippen LogP contribution in [0.25, 0.3) is 0 Å². The lowest BCUT2D eigenvalue weighted by Crippen LogP contribution is -2.40. The molecule has 0 aliphatic heterocycles. The second-order valence-electron chi connectivity index (χ2n) is 5.26. The number of hydrogen-bond donors (Lipinski definition) is 2. The van der Waals surface area contributed by atoms with E-state index >= 15 is 0 Å². The smallest absolute Gasteiger partial charge is 0.317 e. The quantitative estimate of drug-likeness (QED) is 0.876. The van der Waals surface area contributed by atoms with Gasteiger partial charge in [-0.15, -0.1) is 11.3 Å². The number of rotatable bonds is 5. The minimum absolute atomic E-state index is 0.0617. The average Bonchev–Trinajstić information content (AvgIpc) is 3.06. The fourth-order valence-electron chi connectivity index (χ4n) is 2.67. The van der Waals surface area contributed by atoms with Crippen LogP contribution in [0, 0.1) is 11.8 Å². The standard InChI is InChI=1S/C14H20N2O3S/c1-16(9-11-5-3-7-20-11)14(19)15-8-10-4-2-6-12(10)13(17)18/h3,5,7,10,12H,2,4,6,8-9H2,1H3,(H,15,19)(H,17,18). The Labute approximate surface area is 122 Å². The normalized spacial score (nSPS) is 21.6. The van der Waals surface area contributed by atoms with Crippen LogP contribution in [0.1, 0.15) is 24.1 Å². The van der Waals surface area contributed by atoms with E-state index in [1.165, 1.54) is 0 Å². The Morgan fingerprint density at radius 1 is 1.50 bits per heavy atom. The van der Waals surface area contributed by atoms with Gasteiger partial charge < -0.3 is 15.3 Å². The third-order valence-corrected chi connectivity index (χ3v) is 4.67. The first-order valence-corrected chi connectivity index (χ1v) is 7.70. The third-order valence-electron chi connectivity index (χ3n) is 3.81. The highest BCUT2D eigenvalue weighted by atomic mass is 32.1. The Morgan fingerprint density at radius 3 is 2.95 bits per heavy atom. The summed E-state index contributed by atoms with van der Waals surface area (Å²) >= 11 is 1.62. The Hall–Kier alpha value is -1.56. The highest BCUT2D eigenvalue weighted by Gasteiger charge is 2.33. The molecule has 2 atom stereocenters. The maximum absolute atomic E-state index is 12.0. The summed E-state index contributed by atoms with van der Waals surface area (Å²) in [6.07, 6.45) is 2.54. The number of carbonyl (C=O) groups excluding carboxylic acids is 1. The summed E-state index contributed by atoms with van der Waals surface area (Å²) in [5, 5.41) is 13.9. The number of urea groups is 1. The number of amides is 2. The molecule has 2 amide bonds. The Bertz CT molecular complexity index is 461. The van der Waals surface area contributed by atoms with Gasteiger partial charge in [-0.1, -0.05) is 12.5 Å². The van der Waals surface area contributed by atoms with E-state index in [4.69, 9.17) is 5.11 Å². The second-order valence-corrected chi connectivity index (χ2v) is 6.29. The van der Waals surface area contributed by atoms with Crippen molar-refractivity contribution in [1.29, 1.82) is 0 Å². The van der Waals surface area contributed by atoms with E-state index in [2.05, 4.69) is 5.32 Å². The number of hydrogen-bond acceptors (Lipinski definition) is 3. The number of thiophene rings is 1. The zero-order valence-corrected chi connectivity index (χ0v) is 12.4. The zero-order valence-electron chi connectivity index (χ0n) is 11.5. The van der Waals surface area contributed by atoms with Crippen molar-refractivity contribution in [3.05, 3.63) is 22.4 Å². The number of nitrogens with zero attached hydrogens (tertiary/aromatic N) is 1. The molecule has 2 unspecified atom stereocenters.